The second kappa shape index (κ2) is 8.32. The molecule has 1 fully saturated rings. The lowest BCUT2D eigenvalue weighted by atomic mass is 10.2. The number of carbonyl (C=O) groups excluding carboxylic acids is 3. The van der Waals surface area contributed by atoms with Gasteiger partial charge in [-0.15, -0.1) is 0 Å². The summed E-state index contributed by atoms with van der Waals surface area (Å²) in [4.78, 5) is 40.7. The minimum absolute atomic E-state index is 0.307. The highest BCUT2D eigenvalue weighted by Crippen LogP contribution is 2.28. The van der Waals surface area contributed by atoms with Gasteiger partial charge in [0.1, 0.15) is 5.75 Å². The van der Waals surface area contributed by atoms with Crippen molar-refractivity contribution in [2.75, 3.05) is 31.6 Å². The molecule has 9 heteroatoms. The van der Waals surface area contributed by atoms with Crippen molar-refractivity contribution in [3.63, 3.8) is 0 Å². The SMILES string of the molecule is COc1ccc(N2CCN3C(=O)C(=O)[N+](CC(=O)NCc4ccccc4)=NC32)cc1. The van der Waals surface area contributed by atoms with Crippen molar-refractivity contribution < 1.29 is 23.8 Å². The van der Waals surface area contributed by atoms with Crippen LogP contribution in [0, 0.1) is 0 Å². The monoisotopic (exact) mass is 408 g/mol. The molecule has 0 bridgehead atoms. The highest BCUT2D eigenvalue weighted by atomic mass is 16.5. The zero-order valence-electron chi connectivity index (χ0n) is 16.5. The number of nitrogens with zero attached hydrogens (tertiary/aromatic N) is 4. The number of nitrogens with one attached hydrogen (secondary N) is 1. The molecule has 0 radical (unpaired) electrons. The summed E-state index contributed by atoms with van der Waals surface area (Å²) in [7, 11) is 1.59. The first-order valence-corrected chi connectivity index (χ1v) is 9.61. The molecule has 2 aliphatic rings. The first-order chi connectivity index (χ1) is 14.6. The van der Waals surface area contributed by atoms with Gasteiger partial charge in [0.25, 0.3) is 18.7 Å². The molecule has 4 rings (SSSR count). The molecule has 9 nitrogen and oxygen atoms in total. The maximum atomic E-state index is 12.6. The third kappa shape index (κ3) is 3.86. The van der Waals surface area contributed by atoms with Gasteiger partial charge in [0.15, 0.2) is 0 Å². The lowest BCUT2D eigenvalue weighted by molar-refractivity contribution is -0.509. The number of hydrogen-bond acceptors (Lipinski definition) is 6. The summed E-state index contributed by atoms with van der Waals surface area (Å²) in [5.41, 5.74) is 1.79. The van der Waals surface area contributed by atoms with Crippen molar-refractivity contribution in [1.82, 2.24) is 10.2 Å². The van der Waals surface area contributed by atoms with Gasteiger partial charge in [-0.3, -0.25) is 14.5 Å². The van der Waals surface area contributed by atoms with Crippen molar-refractivity contribution in [1.29, 1.82) is 0 Å². The summed E-state index contributed by atoms with van der Waals surface area (Å²) in [6.07, 6.45) is -0.662. The molecule has 2 heterocycles. The maximum absolute atomic E-state index is 12.6. The number of hydrogen-bond donors (Lipinski definition) is 1. The predicted octanol–water partition coefficient (Wildman–Crippen LogP) is 0.949. The van der Waals surface area contributed by atoms with Crippen molar-refractivity contribution in [3.05, 3.63) is 60.2 Å². The molecule has 0 aromatic heterocycles. The Bertz CT molecular complexity index is 990. The summed E-state index contributed by atoms with van der Waals surface area (Å²) in [6.45, 7) is 0.952. The smallest absolute Gasteiger partial charge is 0.497 e. The third-order valence-corrected chi connectivity index (χ3v) is 5.09. The molecule has 2 aliphatic heterocycles. The van der Waals surface area contributed by atoms with E-state index < -0.39 is 18.1 Å². The number of azo groups is 2. The van der Waals surface area contributed by atoms with Crippen LogP contribution in [-0.4, -0.2) is 60.4 Å². The van der Waals surface area contributed by atoms with Gasteiger partial charge >= 0.3 is 11.8 Å². The minimum Gasteiger partial charge on any atom is -0.497 e. The normalized spacial score (nSPS) is 18.2. The Labute approximate surface area is 173 Å². The van der Waals surface area contributed by atoms with Crippen LogP contribution in [-0.2, 0) is 20.9 Å². The Kier molecular flexibility index (Phi) is 5.42. The number of amides is 3. The van der Waals surface area contributed by atoms with Crippen molar-refractivity contribution in [3.8, 4) is 5.75 Å². The highest BCUT2D eigenvalue weighted by Gasteiger charge is 2.49. The standard InChI is InChI=1S/C21H21N5O4/c1-30-17-9-7-16(8-10-17)24-11-12-25-19(28)20(29)26(23-21(24)25)14-18(27)22-13-15-5-3-2-4-6-15/h2-10,21H,11-14H2,1H3/p+1. The van der Waals surface area contributed by atoms with Gasteiger partial charge in [-0.05, 0) is 34.5 Å². The molecule has 2 aromatic carbocycles. The van der Waals surface area contributed by atoms with Crippen molar-refractivity contribution in [2.24, 2.45) is 5.11 Å². The zero-order valence-corrected chi connectivity index (χ0v) is 16.5. The Hall–Kier alpha value is -3.75. The minimum atomic E-state index is -0.794. The predicted molar refractivity (Wildman–Crippen MR) is 107 cm³/mol. The van der Waals surface area contributed by atoms with Crippen LogP contribution in [0.5, 0.6) is 5.75 Å². The van der Waals surface area contributed by atoms with Crippen LogP contribution in [0.1, 0.15) is 5.56 Å². The van der Waals surface area contributed by atoms with E-state index in [9.17, 15) is 14.4 Å². The molecular formula is C21H22N5O4+. The summed E-state index contributed by atoms with van der Waals surface area (Å²) in [5, 5.41) is 7.14. The van der Waals surface area contributed by atoms with Gasteiger partial charge < -0.3 is 15.0 Å². The molecule has 154 valence electrons. The number of anilines is 1. The van der Waals surface area contributed by atoms with Gasteiger partial charge in [0, 0.05) is 30.4 Å². The second-order valence-electron chi connectivity index (χ2n) is 6.98. The van der Waals surface area contributed by atoms with Gasteiger partial charge in [-0.2, -0.15) is 0 Å². The van der Waals surface area contributed by atoms with Gasteiger partial charge in [-0.1, -0.05) is 30.3 Å². The quantitative estimate of drug-likeness (QED) is 0.567. The number of fused-ring (bicyclic) bond motifs is 1. The lowest BCUT2D eigenvalue weighted by Crippen LogP contribution is -2.53. The fraction of sp³-hybridized carbons (Fsp3) is 0.286. The highest BCUT2D eigenvalue weighted by molar-refractivity contribution is 6.31. The number of rotatable bonds is 6. The summed E-state index contributed by atoms with van der Waals surface area (Å²) < 4.78 is 6.15. The number of benzene rings is 2. The van der Waals surface area contributed by atoms with Crippen LogP contribution >= 0.6 is 0 Å². The Morgan fingerprint density at radius 3 is 2.50 bits per heavy atom. The van der Waals surface area contributed by atoms with E-state index in [1.165, 1.54) is 4.90 Å². The first kappa shape index (κ1) is 19.6. The van der Waals surface area contributed by atoms with E-state index in [0.717, 1.165) is 21.7 Å². The van der Waals surface area contributed by atoms with Crippen LogP contribution in [0.15, 0.2) is 59.7 Å². The Morgan fingerprint density at radius 2 is 1.80 bits per heavy atom. The topological polar surface area (TPSA) is 94.3 Å². The Balaban J connectivity index is 1.49. The summed E-state index contributed by atoms with van der Waals surface area (Å²) in [5.74, 6) is -1.11. The van der Waals surface area contributed by atoms with E-state index in [2.05, 4.69) is 10.4 Å². The molecule has 3 amide bonds. The molecule has 0 saturated carbocycles. The van der Waals surface area contributed by atoms with E-state index in [-0.39, 0.29) is 12.5 Å². The summed E-state index contributed by atoms with van der Waals surface area (Å²) >= 11 is 0. The molecule has 1 atom stereocenters. The van der Waals surface area contributed by atoms with Crippen molar-refractivity contribution in [2.45, 2.75) is 12.8 Å². The number of carbonyl (C=O) groups is 3. The van der Waals surface area contributed by atoms with Crippen LogP contribution < -0.4 is 15.0 Å². The van der Waals surface area contributed by atoms with E-state index in [0.29, 0.717) is 19.6 Å². The van der Waals surface area contributed by atoms with Gasteiger partial charge in [0.2, 0.25) is 0 Å². The van der Waals surface area contributed by atoms with Gasteiger partial charge in [0.05, 0.1) is 7.11 Å². The van der Waals surface area contributed by atoms with Crippen LogP contribution in [0.2, 0.25) is 0 Å². The maximum Gasteiger partial charge on any atom is 0.502 e. The largest absolute Gasteiger partial charge is 0.502 e. The van der Waals surface area contributed by atoms with Crippen LogP contribution in [0.25, 0.3) is 0 Å². The number of ether oxygens (including phenoxy) is 1. The molecule has 30 heavy (non-hydrogen) atoms. The molecule has 0 spiro atoms. The zero-order chi connectivity index (χ0) is 21.1. The van der Waals surface area contributed by atoms with Gasteiger partial charge in [-0.25, -0.2) is 4.79 Å². The molecule has 2 aromatic rings. The fourth-order valence-electron chi connectivity index (χ4n) is 3.49. The first-order valence-electron chi connectivity index (χ1n) is 9.61. The van der Waals surface area contributed by atoms with E-state index >= 15 is 0 Å². The third-order valence-electron chi connectivity index (χ3n) is 5.09. The molecule has 1 N–H and O–H groups in total. The van der Waals surface area contributed by atoms with E-state index in [1.807, 2.05) is 59.5 Å². The Morgan fingerprint density at radius 1 is 1.10 bits per heavy atom. The molecular weight excluding hydrogens is 386 g/mol. The average molecular weight is 408 g/mol. The fourth-order valence-corrected chi connectivity index (χ4v) is 3.49. The second-order valence-corrected chi connectivity index (χ2v) is 6.98. The molecule has 1 unspecified atom stereocenters. The molecule has 0 aliphatic carbocycles. The lowest BCUT2D eigenvalue weighted by Gasteiger charge is -2.27. The molecule has 1 saturated heterocycles. The summed E-state index contributed by atoms with van der Waals surface area (Å²) in [6, 6.07) is 16.8. The van der Waals surface area contributed by atoms with Crippen LogP contribution in [0.4, 0.5) is 5.69 Å². The average Bonchev–Trinajstić information content (AvgIpc) is 3.20. The van der Waals surface area contributed by atoms with Crippen molar-refractivity contribution >= 4 is 23.4 Å². The van der Waals surface area contributed by atoms with E-state index in [1.54, 1.807) is 7.11 Å². The van der Waals surface area contributed by atoms with Crippen LogP contribution in [0.3, 0.4) is 0 Å². The number of methoxy groups -OCH3 is 1. The van der Waals surface area contributed by atoms with E-state index in [4.69, 9.17) is 4.74 Å².